The van der Waals surface area contributed by atoms with Gasteiger partial charge in [0.2, 0.25) is 0 Å². The lowest BCUT2D eigenvalue weighted by Gasteiger charge is -2.17. The van der Waals surface area contributed by atoms with Crippen molar-refractivity contribution in [3.05, 3.63) is 95.7 Å². The van der Waals surface area contributed by atoms with Crippen molar-refractivity contribution in [2.24, 2.45) is 5.73 Å². The van der Waals surface area contributed by atoms with E-state index in [4.69, 9.17) is 15.2 Å². The Balaban J connectivity index is 2.03. The molecule has 32 heavy (non-hydrogen) atoms. The molecule has 5 nitrogen and oxygen atoms in total. The smallest absolute Gasteiger partial charge is 0.251 e. The standard InChI is InChI=1S/C27H26N2O3/c1-18-23(27(28)30)24(19-11-6-4-7-12-19)25(20-13-8-5-9-14-20)29(18)17-21-15-10-16-22(31-2)26(21)32-3/h4-16H,17H2,1-3H3,(H2,28,30). The van der Waals surface area contributed by atoms with Gasteiger partial charge in [-0.25, -0.2) is 0 Å². The largest absolute Gasteiger partial charge is 0.493 e. The van der Waals surface area contributed by atoms with Gasteiger partial charge in [0.1, 0.15) is 0 Å². The number of amides is 1. The molecular weight excluding hydrogens is 400 g/mol. The molecule has 162 valence electrons. The summed E-state index contributed by atoms with van der Waals surface area (Å²) in [5.74, 6) is 0.883. The summed E-state index contributed by atoms with van der Waals surface area (Å²) in [6.07, 6.45) is 0. The van der Waals surface area contributed by atoms with Crippen LogP contribution in [-0.4, -0.2) is 24.7 Å². The Labute approximate surface area is 188 Å². The number of hydrogen-bond donors (Lipinski definition) is 1. The van der Waals surface area contributed by atoms with Crippen LogP contribution in [0.15, 0.2) is 78.9 Å². The summed E-state index contributed by atoms with van der Waals surface area (Å²) >= 11 is 0. The predicted octanol–water partition coefficient (Wildman–Crippen LogP) is 5.29. The summed E-state index contributed by atoms with van der Waals surface area (Å²) < 4.78 is 13.3. The number of benzene rings is 3. The summed E-state index contributed by atoms with van der Waals surface area (Å²) in [7, 11) is 3.25. The summed E-state index contributed by atoms with van der Waals surface area (Å²) in [5, 5.41) is 0. The van der Waals surface area contributed by atoms with Gasteiger partial charge in [-0.15, -0.1) is 0 Å². The van der Waals surface area contributed by atoms with Crippen molar-refractivity contribution in [2.45, 2.75) is 13.5 Å². The average Bonchev–Trinajstić information content (AvgIpc) is 3.12. The van der Waals surface area contributed by atoms with Crippen molar-refractivity contribution in [3.63, 3.8) is 0 Å². The van der Waals surface area contributed by atoms with Gasteiger partial charge >= 0.3 is 0 Å². The minimum Gasteiger partial charge on any atom is -0.493 e. The van der Waals surface area contributed by atoms with E-state index in [2.05, 4.69) is 4.57 Å². The molecule has 4 aromatic rings. The first-order chi connectivity index (χ1) is 15.6. The first kappa shape index (κ1) is 21.2. The lowest BCUT2D eigenvalue weighted by Crippen LogP contribution is -2.14. The summed E-state index contributed by atoms with van der Waals surface area (Å²) in [5.41, 5.74) is 11.9. The molecular formula is C27H26N2O3. The highest BCUT2D eigenvalue weighted by Gasteiger charge is 2.26. The lowest BCUT2D eigenvalue weighted by molar-refractivity contribution is 0.1000. The van der Waals surface area contributed by atoms with Crippen LogP contribution in [0.1, 0.15) is 21.6 Å². The molecule has 0 atom stereocenters. The quantitative estimate of drug-likeness (QED) is 0.436. The van der Waals surface area contributed by atoms with Crippen LogP contribution in [0.3, 0.4) is 0 Å². The van der Waals surface area contributed by atoms with Gasteiger partial charge in [-0.2, -0.15) is 0 Å². The molecule has 0 bridgehead atoms. The molecule has 0 aliphatic rings. The number of hydrogen-bond acceptors (Lipinski definition) is 3. The third-order valence-corrected chi connectivity index (χ3v) is 5.69. The highest BCUT2D eigenvalue weighted by molar-refractivity contribution is 6.05. The molecule has 0 radical (unpaired) electrons. The molecule has 2 N–H and O–H groups in total. The van der Waals surface area contributed by atoms with E-state index >= 15 is 0 Å². The molecule has 0 saturated carbocycles. The Bertz CT molecular complexity index is 1250. The molecule has 1 aromatic heterocycles. The molecule has 0 aliphatic heterocycles. The van der Waals surface area contributed by atoms with Gasteiger partial charge in [0.05, 0.1) is 32.0 Å². The summed E-state index contributed by atoms with van der Waals surface area (Å²) in [6, 6.07) is 25.8. The van der Waals surface area contributed by atoms with Crippen molar-refractivity contribution in [1.29, 1.82) is 0 Å². The molecule has 0 aliphatic carbocycles. The van der Waals surface area contributed by atoms with E-state index in [0.29, 0.717) is 23.6 Å². The van der Waals surface area contributed by atoms with E-state index in [0.717, 1.165) is 33.6 Å². The van der Waals surface area contributed by atoms with Crippen molar-refractivity contribution >= 4 is 5.91 Å². The van der Waals surface area contributed by atoms with E-state index in [1.165, 1.54) is 0 Å². The number of para-hydroxylation sites is 1. The van der Waals surface area contributed by atoms with E-state index in [1.54, 1.807) is 14.2 Å². The molecule has 0 spiro atoms. The van der Waals surface area contributed by atoms with Gasteiger partial charge < -0.3 is 19.8 Å². The first-order valence-electron chi connectivity index (χ1n) is 10.4. The maximum atomic E-state index is 12.7. The topological polar surface area (TPSA) is 66.5 Å². The molecule has 5 heteroatoms. The summed E-state index contributed by atoms with van der Waals surface area (Å²) in [4.78, 5) is 12.7. The zero-order chi connectivity index (χ0) is 22.7. The predicted molar refractivity (Wildman–Crippen MR) is 127 cm³/mol. The lowest BCUT2D eigenvalue weighted by atomic mass is 9.96. The number of nitrogens with zero attached hydrogens (tertiary/aromatic N) is 1. The van der Waals surface area contributed by atoms with Gasteiger partial charge in [0.25, 0.3) is 5.91 Å². The Morgan fingerprint density at radius 1 is 0.844 bits per heavy atom. The monoisotopic (exact) mass is 426 g/mol. The van der Waals surface area contributed by atoms with Crippen LogP contribution < -0.4 is 15.2 Å². The van der Waals surface area contributed by atoms with Gasteiger partial charge in [-0.1, -0.05) is 72.8 Å². The Hall–Kier alpha value is -3.99. The molecule has 0 unspecified atom stereocenters. The second-order valence-electron chi connectivity index (χ2n) is 7.52. The van der Waals surface area contributed by atoms with Crippen LogP contribution in [0.5, 0.6) is 11.5 Å². The van der Waals surface area contributed by atoms with E-state index < -0.39 is 5.91 Å². The van der Waals surface area contributed by atoms with Crippen LogP contribution >= 0.6 is 0 Å². The maximum absolute atomic E-state index is 12.7. The van der Waals surface area contributed by atoms with Crippen LogP contribution in [0.4, 0.5) is 0 Å². The fourth-order valence-corrected chi connectivity index (χ4v) is 4.27. The number of rotatable bonds is 7. The second kappa shape index (κ2) is 9.02. The Kier molecular flexibility index (Phi) is 5.99. The SMILES string of the molecule is COc1cccc(Cn2c(C)c(C(N)=O)c(-c3ccccc3)c2-c2ccccc2)c1OC. The average molecular weight is 427 g/mol. The number of aromatic nitrogens is 1. The van der Waals surface area contributed by atoms with Gasteiger partial charge in [0.15, 0.2) is 11.5 Å². The highest BCUT2D eigenvalue weighted by Crippen LogP contribution is 2.40. The second-order valence-corrected chi connectivity index (χ2v) is 7.52. The van der Waals surface area contributed by atoms with Gasteiger partial charge in [-0.05, 0) is 24.1 Å². The number of carbonyl (C=O) groups excluding carboxylic acids is 1. The first-order valence-corrected chi connectivity index (χ1v) is 10.4. The minimum atomic E-state index is -0.449. The molecule has 0 saturated heterocycles. The normalized spacial score (nSPS) is 10.7. The van der Waals surface area contributed by atoms with Crippen LogP contribution in [0, 0.1) is 6.92 Å². The number of methoxy groups -OCH3 is 2. The van der Waals surface area contributed by atoms with E-state index in [1.807, 2.05) is 85.8 Å². The fraction of sp³-hybridized carbons (Fsp3) is 0.148. The Morgan fingerprint density at radius 2 is 1.47 bits per heavy atom. The van der Waals surface area contributed by atoms with E-state index in [-0.39, 0.29) is 0 Å². The third-order valence-electron chi connectivity index (χ3n) is 5.69. The molecule has 4 rings (SSSR count). The van der Waals surface area contributed by atoms with Crippen molar-refractivity contribution in [3.8, 4) is 33.9 Å². The van der Waals surface area contributed by atoms with Crippen molar-refractivity contribution in [1.82, 2.24) is 4.57 Å². The van der Waals surface area contributed by atoms with Crippen LogP contribution in [-0.2, 0) is 6.54 Å². The molecule has 1 heterocycles. The molecule has 3 aromatic carbocycles. The van der Waals surface area contributed by atoms with Crippen molar-refractivity contribution in [2.75, 3.05) is 14.2 Å². The maximum Gasteiger partial charge on any atom is 0.251 e. The molecule has 1 amide bonds. The zero-order valence-corrected chi connectivity index (χ0v) is 18.5. The number of primary amides is 1. The number of carbonyl (C=O) groups is 1. The number of nitrogens with two attached hydrogens (primary N) is 1. The van der Waals surface area contributed by atoms with Crippen LogP contribution in [0.2, 0.25) is 0 Å². The van der Waals surface area contributed by atoms with Crippen LogP contribution in [0.25, 0.3) is 22.4 Å². The van der Waals surface area contributed by atoms with Gasteiger partial charge in [0, 0.05) is 16.8 Å². The molecule has 0 fully saturated rings. The van der Waals surface area contributed by atoms with E-state index in [9.17, 15) is 4.79 Å². The van der Waals surface area contributed by atoms with Crippen molar-refractivity contribution < 1.29 is 14.3 Å². The third kappa shape index (κ3) is 3.73. The zero-order valence-electron chi connectivity index (χ0n) is 18.5. The van der Waals surface area contributed by atoms with Gasteiger partial charge in [-0.3, -0.25) is 4.79 Å². The Morgan fingerprint density at radius 3 is 2.03 bits per heavy atom. The highest BCUT2D eigenvalue weighted by atomic mass is 16.5. The fourth-order valence-electron chi connectivity index (χ4n) is 4.27. The number of ether oxygens (including phenoxy) is 2. The minimum absolute atomic E-state index is 0.449. The summed E-state index contributed by atoms with van der Waals surface area (Å²) in [6.45, 7) is 2.43.